The lowest BCUT2D eigenvalue weighted by molar-refractivity contribution is -0.138. The van der Waals surface area contributed by atoms with E-state index in [1.807, 2.05) is 31.2 Å². The van der Waals surface area contributed by atoms with Crippen LogP contribution in [0.2, 0.25) is 0 Å². The second-order valence-electron chi connectivity index (χ2n) is 4.17. The van der Waals surface area contributed by atoms with Crippen LogP contribution < -0.4 is 4.74 Å². The molecular formula is C14H18BrNO4. The molecule has 110 valence electrons. The number of rotatable bonds is 8. The minimum absolute atomic E-state index is 0.0356. The zero-order chi connectivity index (χ0) is 15.0. The Balaban J connectivity index is 2.36. The molecule has 0 bridgehead atoms. The molecule has 0 unspecified atom stereocenters. The summed E-state index contributed by atoms with van der Waals surface area (Å²) in [7, 11) is 0. The first-order valence-corrected chi connectivity index (χ1v) is 7.20. The van der Waals surface area contributed by atoms with Gasteiger partial charge in [0.2, 0.25) is 5.91 Å². The fraction of sp³-hybridized carbons (Fsp3) is 0.429. The molecule has 0 spiro atoms. The van der Waals surface area contributed by atoms with E-state index in [1.165, 1.54) is 4.90 Å². The molecule has 1 N–H and O–H groups in total. The average molecular weight is 344 g/mol. The van der Waals surface area contributed by atoms with Gasteiger partial charge in [0.25, 0.3) is 0 Å². The fourth-order valence-electron chi connectivity index (χ4n) is 1.66. The highest BCUT2D eigenvalue weighted by Crippen LogP contribution is 2.17. The molecule has 0 heterocycles. The number of carboxylic acids is 1. The van der Waals surface area contributed by atoms with Crippen molar-refractivity contribution >= 4 is 27.8 Å². The van der Waals surface area contributed by atoms with Crippen LogP contribution in [0.3, 0.4) is 0 Å². The van der Waals surface area contributed by atoms with Crippen LogP contribution in [0, 0.1) is 0 Å². The molecular weight excluding hydrogens is 326 g/mol. The predicted molar refractivity (Wildman–Crippen MR) is 78.8 cm³/mol. The maximum absolute atomic E-state index is 11.9. The van der Waals surface area contributed by atoms with Gasteiger partial charge in [0.05, 0.1) is 19.4 Å². The van der Waals surface area contributed by atoms with E-state index >= 15 is 0 Å². The van der Waals surface area contributed by atoms with Crippen molar-refractivity contribution in [1.82, 2.24) is 4.90 Å². The van der Waals surface area contributed by atoms with E-state index in [9.17, 15) is 9.59 Å². The predicted octanol–water partition coefficient (Wildman–Crippen LogP) is 2.54. The number of carbonyl (C=O) groups is 2. The number of ether oxygens (including phenoxy) is 1. The van der Waals surface area contributed by atoms with Gasteiger partial charge in [-0.25, -0.2) is 0 Å². The summed E-state index contributed by atoms with van der Waals surface area (Å²) in [5.74, 6) is -0.300. The molecule has 1 amide bonds. The largest absolute Gasteiger partial charge is 0.493 e. The summed E-state index contributed by atoms with van der Waals surface area (Å²) >= 11 is 3.34. The Morgan fingerprint density at radius 2 is 2.10 bits per heavy atom. The molecule has 6 heteroatoms. The second-order valence-corrected chi connectivity index (χ2v) is 5.09. The van der Waals surface area contributed by atoms with Crippen LogP contribution in [0.4, 0.5) is 0 Å². The monoisotopic (exact) mass is 343 g/mol. The number of amides is 1. The first-order valence-electron chi connectivity index (χ1n) is 6.41. The second kappa shape index (κ2) is 8.58. The third kappa shape index (κ3) is 6.06. The van der Waals surface area contributed by atoms with Crippen molar-refractivity contribution in [3.8, 4) is 5.75 Å². The minimum atomic E-state index is -0.901. The molecule has 0 aliphatic heterocycles. The van der Waals surface area contributed by atoms with Gasteiger partial charge in [-0.05, 0) is 25.1 Å². The number of nitrogens with zero attached hydrogens (tertiary/aromatic N) is 1. The van der Waals surface area contributed by atoms with Crippen molar-refractivity contribution in [2.45, 2.75) is 19.8 Å². The summed E-state index contributed by atoms with van der Waals surface area (Å²) in [4.78, 5) is 23.9. The molecule has 0 saturated carbocycles. The minimum Gasteiger partial charge on any atom is -0.493 e. The van der Waals surface area contributed by atoms with Gasteiger partial charge < -0.3 is 14.7 Å². The maximum Gasteiger partial charge on any atom is 0.305 e. The van der Waals surface area contributed by atoms with E-state index in [0.29, 0.717) is 12.3 Å². The van der Waals surface area contributed by atoms with Crippen LogP contribution in [0.1, 0.15) is 19.8 Å². The average Bonchev–Trinajstić information content (AvgIpc) is 2.39. The molecule has 0 aromatic heterocycles. The Hall–Kier alpha value is -1.56. The number of halogens is 1. The van der Waals surface area contributed by atoms with Crippen LogP contribution in [0.15, 0.2) is 28.7 Å². The van der Waals surface area contributed by atoms with Crippen molar-refractivity contribution in [2.75, 3.05) is 19.7 Å². The summed E-state index contributed by atoms with van der Waals surface area (Å²) in [6, 6.07) is 7.39. The van der Waals surface area contributed by atoms with Crippen molar-refractivity contribution in [3.63, 3.8) is 0 Å². The molecule has 20 heavy (non-hydrogen) atoms. The van der Waals surface area contributed by atoms with Crippen LogP contribution >= 0.6 is 15.9 Å². The fourth-order valence-corrected chi connectivity index (χ4v) is 2.04. The van der Waals surface area contributed by atoms with Gasteiger partial charge in [0.15, 0.2) is 0 Å². The van der Waals surface area contributed by atoms with Crippen molar-refractivity contribution in [3.05, 3.63) is 28.7 Å². The van der Waals surface area contributed by atoms with Gasteiger partial charge in [-0.3, -0.25) is 9.59 Å². The van der Waals surface area contributed by atoms with Crippen LogP contribution in [-0.2, 0) is 9.59 Å². The van der Waals surface area contributed by atoms with E-state index in [1.54, 1.807) is 0 Å². The molecule has 0 radical (unpaired) electrons. The third-order valence-corrected chi connectivity index (χ3v) is 3.20. The van der Waals surface area contributed by atoms with Crippen molar-refractivity contribution < 1.29 is 19.4 Å². The van der Waals surface area contributed by atoms with Gasteiger partial charge in [-0.1, -0.05) is 22.0 Å². The standard InChI is InChI=1S/C14H18BrNO4/c1-2-16(8-6-14(18)19)13(17)7-9-20-12-5-3-4-11(15)10-12/h3-5,10H,2,6-9H2,1H3,(H,18,19). The molecule has 0 atom stereocenters. The number of aliphatic carboxylic acids is 1. The number of carbonyl (C=O) groups excluding carboxylic acids is 1. The van der Waals surface area contributed by atoms with E-state index in [-0.39, 0.29) is 31.9 Å². The summed E-state index contributed by atoms with van der Waals surface area (Å²) in [6.07, 6.45) is 0.200. The Morgan fingerprint density at radius 3 is 2.70 bits per heavy atom. The summed E-state index contributed by atoms with van der Waals surface area (Å²) in [6.45, 7) is 2.85. The van der Waals surface area contributed by atoms with Crippen LogP contribution in [0.5, 0.6) is 5.75 Å². The zero-order valence-corrected chi connectivity index (χ0v) is 12.9. The first-order chi connectivity index (χ1) is 9.52. The van der Waals surface area contributed by atoms with Crippen molar-refractivity contribution in [2.24, 2.45) is 0 Å². The summed E-state index contributed by atoms with van der Waals surface area (Å²) in [5, 5.41) is 8.62. The Bertz CT molecular complexity index is 464. The number of hydrogen-bond donors (Lipinski definition) is 1. The highest BCUT2D eigenvalue weighted by Gasteiger charge is 2.12. The number of hydrogen-bond acceptors (Lipinski definition) is 3. The zero-order valence-electron chi connectivity index (χ0n) is 11.3. The first kappa shape index (κ1) is 16.5. The van der Waals surface area contributed by atoms with E-state index in [2.05, 4.69) is 15.9 Å². The van der Waals surface area contributed by atoms with Crippen molar-refractivity contribution in [1.29, 1.82) is 0 Å². The van der Waals surface area contributed by atoms with E-state index < -0.39 is 5.97 Å². The Kier molecular flexibility index (Phi) is 7.08. The SMILES string of the molecule is CCN(CCC(=O)O)C(=O)CCOc1cccc(Br)c1. The maximum atomic E-state index is 11.9. The molecule has 1 rings (SSSR count). The molecule has 1 aromatic carbocycles. The van der Waals surface area contributed by atoms with Crippen LogP contribution in [0.25, 0.3) is 0 Å². The lowest BCUT2D eigenvalue weighted by Crippen LogP contribution is -2.33. The topological polar surface area (TPSA) is 66.8 Å². The molecule has 5 nitrogen and oxygen atoms in total. The normalized spacial score (nSPS) is 10.1. The summed E-state index contributed by atoms with van der Waals surface area (Å²) in [5.41, 5.74) is 0. The third-order valence-electron chi connectivity index (χ3n) is 2.71. The molecule has 0 fully saturated rings. The quantitative estimate of drug-likeness (QED) is 0.787. The molecule has 0 saturated heterocycles. The van der Waals surface area contributed by atoms with Gasteiger partial charge in [-0.15, -0.1) is 0 Å². The molecule has 1 aromatic rings. The molecule has 0 aliphatic carbocycles. The van der Waals surface area contributed by atoms with E-state index in [0.717, 1.165) is 4.47 Å². The lowest BCUT2D eigenvalue weighted by Gasteiger charge is -2.20. The van der Waals surface area contributed by atoms with Gasteiger partial charge in [0.1, 0.15) is 5.75 Å². The molecule has 0 aliphatic rings. The van der Waals surface area contributed by atoms with E-state index in [4.69, 9.17) is 9.84 Å². The van der Waals surface area contributed by atoms with Gasteiger partial charge in [-0.2, -0.15) is 0 Å². The van der Waals surface area contributed by atoms with Gasteiger partial charge in [0, 0.05) is 17.6 Å². The lowest BCUT2D eigenvalue weighted by atomic mass is 10.3. The highest BCUT2D eigenvalue weighted by molar-refractivity contribution is 9.10. The summed E-state index contributed by atoms with van der Waals surface area (Å²) < 4.78 is 6.40. The van der Waals surface area contributed by atoms with Crippen LogP contribution in [-0.4, -0.2) is 41.6 Å². The Labute approximate surface area is 126 Å². The smallest absolute Gasteiger partial charge is 0.305 e. The van der Waals surface area contributed by atoms with Gasteiger partial charge >= 0.3 is 5.97 Å². The Morgan fingerprint density at radius 1 is 1.35 bits per heavy atom. The number of carboxylic acid groups (broad SMARTS) is 1. The highest BCUT2D eigenvalue weighted by atomic mass is 79.9. The number of benzene rings is 1.